The van der Waals surface area contributed by atoms with Gasteiger partial charge in [-0.15, -0.1) is 11.8 Å². The zero-order valence-corrected chi connectivity index (χ0v) is 23.5. The lowest BCUT2D eigenvalue weighted by atomic mass is 10.0. The Bertz CT molecular complexity index is 1120. The lowest BCUT2D eigenvalue weighted by Crippen LogP contribution is -2.51. The Morgan fingerprint density at radius 1 is 0.919 bits per heavy atom. The third-order valence-corrected chi connectivity index (χ3v) is 7.40. The van der Waals surface area contributed by atoms with Crippen LogP contribution in [0, 0.1) is 12.8 Å². The fourth-order valence-corrected chi connectivity index (χ4v) is 4.93. The van der Waals surface area contributed by atoms with Gasteiger partial charge in [-0.2, -0.15) is 0 Å². The molecule has 0 radical (unpaired) electrons. The van der Waals surface area contributed by atoms with Crippen LogP contribution in [0.5, 0.6) is 0 Å². The van der Waals surface area contributed by atoms with Gasteiger partial charge in [-0.1, -0.05) is 85.6 Å². The van der Waals surface area contributed by atoms with Crippen molar-refractivity contribution in [3.63, 3.8) is 0 Å². The zero-order chi connectivity index (χ0) is 26.6. The smallest absolute Gasteiger partial charge is 0.243 e. The molecule has 0 fully saturated rings. The zero-order valence-electron chi connectivity index (χ0n) is 22.0. The third kappa shape index (κ3) is 9.90. The maximum absolute atomic E-state index is 13.7. The van der Waals surface area contributed by atoms with Crippen LogP contribution in [0.4, 0.5) is 0 Å². The van der Waals surface area contributed by atoms with Gasteiger partial charge in [0.1, 0.15) is 6.04 Å². The summed E-state index contributed by atoms with van der Waals surface area (Å²) in [7, 11) is 0. The Labute approximate surface area is 230 Å². The van der Waals surface area contributed by atoms with Crippen LogP contribution in [0.3, 0.4) is 0 Å². The van der Waals surface area contributed by atoms with E-state index in [9.17, 15) is 9.59 Å². The first-order valence-corrected chi connectivity index (χ1v) is 14.2. The highest BCUT2D eigenvalue weighted by Crippen LogP contribution is 2.22. The molecule has 0 heterocycles. The summed E-state index contributed by atoms with van der Waals surface area (Å²) < 4.78 is 0. The molecular formula is C31H37ClN2O2S. The molecule has 2 amide bonds. The van der Waals surface area contributed by atoms with Crippen molar-refractivity contribution >= 4 is 35.2 Å². The molecule has 0 bridgehead atoms. The number of thioether (sulfide) groups is 1. The molecule has 3 rings (SSSR count). The van der Waals surface area contributed by atoms with E-state index in [1.807, 2.05) is 85.8 Å². The molecule has 0 saturated heterocycles. The number of carbonyl (C=O) groups excluding carboxylic acids is 2. The molecule has 0 aliphatic heterocycles. The molecular weight excluding hydrogens is 500 g/mol. The lowest BCUT2D eigenvalue weighted by Gasteiger charge is -2.32. The van der Waals surface area contributed by atoms with E-state index in [4.69, 9.17) is 11.6 Å². The first-order valence-electron chi connectivity index (χ1n) is 12.9. The maximum Gasteiger partial charge on any atom is 0.243 e. The van der Waals surface area contributed by atoms with Gasteiger partial charge in [-0.25, -0.2) is 0 Å². The molecule has 196 valence electrons. The van der Waals surface area contributed by atoms with Crippen molar-refractivity contribution in [1.82, 2.24) is 10.2 Å². The van der Waals surface area contributed by atoms with E-state index >= 15 is 0 Å². The second kappa shape index (κ2) is 14.8. The van der Waals surface area contributed by atoms with E-state index in [-0.39, 0.29) is 11.8 Å². The second-order valence-corrected chi connectivity index (χ2v) is 11.4. The molecule has 1 N–H and O–H groups in total. The number of aryl methyl sites for hydroxylation is 1. The maximum atomic E-state index is 13.7. The standard InChI is InChI=1S/C31H37ClN2O2S/c1-23(2)21-33-31(36)29(20-25-8-5-4-6-9-25)34(22-26-13-11-24(3)12-14-26)30(35)10-7-19-37-28-17-15-27(32)16-18-28/h4-6,8-9,11-18,23,29H,7,10,19-22H2,1-3H3,(H,33,36)/t29-/m1/s1. The van der Waals surface area contributed by atoms with Crippen LogP contribution in [-0.2, 0) is 22.6 Å². The number of nitrogens with one attached hydrogen (secondary N) is 1. The number of hydrogen-bond donors (Lipinski definition) is 1. The molecule has 0 aliphatic carbocycles. The van der Waals surface area contributed by atoms with Gasteiger partial charge in [0.25, 0.3) is 0 Å². The molecule has 3 aromatic rings. The summed E-state index contributed by atoms with van der Waals surface area (Å²) in [6.45, 7) is 7.16. The molecule has 37 heavy (non-hydrogen) atoms. The van der Waals surface area contributed by atoms with Crippen molar-refractivity contribution in [3.8, 4) is 0 Å². The minimum Gasteiger partial charge on any atom is -0.354 e. The Balaban J connectivity index is 1.77. The number of benzene rings is 3. The van der Waals surface area contributed by atoms with Crippen molar-refractivity contribution in [3.05, 3.63) is 101 Å². The van der Waals surface area contributed by atoms with Crippen LogP contribution in [0.2, 0.25) is 5.02 Å². The fourth-order valence-electron chi connectivity index (χ4n) is 3.95. The van der Waals surface area contributed by atoms with Gasteiger partial charge in [0.2, 0.25) is 11.8 Å². The highest BCUT2D eigenvalue weighted by Gasteiger charge is 2.30. The van der Waals surface area contributed by atoms with E-state index in [0.717, 1.165) is 33.8 Å². The third-order valence-electron chi connectivity index (χ3n) is 6.05. The van der Waals surface area contributed by atoms with E-state index in [0.29, 0.717) is 36.9 Å². The van der Waals surface area contributed by atoms with Gasteiger partial charge < -0.3 is 10.2 Å². The number of halogens is 1. The predicted molar refractivity (Wildman–Crippen MR) is 155 cm³/mol. The van der Waals surface area contributed by atoms with Crippen molar-refractivity contribution < 1.29 is 9.59 Å². The van der Waals surface area contributed by atoms with Crippen LogP contribution < -0.4 is 5.32 Å². The van der Waals surface area contributed by atoms with E-state index < -0.39 is 6.04 Å². The van der Waals surface area contributed by atoms with Crippen molar-refractivity contribution in [1.29, 1.82) is 0 Å². The molecule has 0 aromatic heterocycles. The van der Waals surface area contributed by atoms with Crippen molar-refractivity contribution in [2.45, 2.75) is 57.5 Å². The quantitative estimate of drug-likeness (QED) is 0.190. The van der Waals surface area contributed by atoms with Crippen molar-refractivity contribution in [2.24, 2.45) is 5.92 Å². The van der Waals surface area contributed by atoms with E-state index in [1.54, 1.807) is 16.7 Å². The Morgan fingerprint density at radius 3 is 2.24 bits per heavy atom. The lowest BCUT2D eigenvalue weighted by molar-refractivity contribution is -0.141. The molecule has 4 nitrogen and oxygen atoms in total. The second-order valence-electron chi connectivity index (χ2n) is 9.76. The van der Waals surface area contributed by atoms with Crippen LogP contribution in [0.15, 0.2) is 83.8 Å². The highest BCUT2D eigenvalue weighted by molar-refractivity contribution is 7.99. The first kappa shape index (κ1) is 28.8. The number of amides is 2. The molecule has 0 unspecified atom stereocenters. The molecule has 6 heteroatoms. The highest BCUT2D eigenvalue weighted by atomic mass is 35.5. The average Bonchev–Trinajstić information content (AvgIpc) is 2.89. The summed E-state index contributed by atoms with van der Waals surface area (Å²) in [5.74, 6) is 1.04. The van der Waals surface area contributed by atoms with Gasteiger partial charge in [0.05, 0.1) is 0 Å². The summed E-state index contributed by atoms with van der Waals surface area (Å²) in [6.07, 6.45) is 1.58. The van der Waals surface area contributed by atoms with E-state index in [2.05, 4.69) is 19.2 Å². The van der Waals surface area contributed by atoms with Crippen LogP contribution in [-0.4, -0.2) is 35.1 Å². The van der Waals surface area contributed by atoms with Crippen LogP contribution in [0.1, 0.15) is 43.4 Å². The Hall–Kier alpha value is -2.76. The topological polar surface area (TPSA) is 49.4 Å². The largest absolute Gasteiger partial charge is 0.354 e. The normalized spacial score (nSPS) is 11.8. The van der Waals surface area contributed by atoms with Gasteiger partial charge in [-0.05, 0) is 60.4 Å². The summed E-state index contributed by atoms with van der Waals surface area (Å²) in [4.78, 5) is 30.0. The summed E-state index contributed by atoms with van der Waals surface area (Å²) in [5.41, 5.74) is 3.22. The van der Waals surface area contributed by atoms with Gasteiger partial charge in [-0.3, -0.25) is 9.59 Å². The average molecular weight is 537 g/mol. The van der Waals surface area contributed by atoms with Gasteiger partial charge in [0, 0.05) is 35.8 Å². The molecule has 0 spiro atoms. The fraction of sp³-hybridized carbons (Fsp3) is 0.355. The number of rotatable bonds is 13. The van der Waals surface area contributed by atoms with E-state index in [1.165, 1.54) is 0 Å². The minimum absolute atomic E-state index is 0.00194. The summed E-state index contributed by atoms with van der Waals surface area (Å²) in [5, 5.41) is 3.79. The van der Waals surface area contributed by atoms with Gasteiger partial charge >= 0.3 is 0 Å². The first-order chi connectivity index (χ1) is 17.8. The predicted octanol–water partition coefficient (Wildman–Crippen LogP) is 6.93. The number of carbonyl (C=O) groups is 2. The van der Waals surface area contributed by atoms with Crippen LogP contribution >= 0.6 is 23.4 Å². The monoisotopic (exact) mass is 536 g/mol. The van der Waals surface area contributed by atoms with Gasteiger partial charge in [0.15, 0.2) is 0 Å². The Kier molecular flexibility index (Phi) is 11.6. The molecule has 1 atom stereocenters. The molecule has 0 saturated carbocycles. The number of hydrogen-bond acceptors (Lipinski definition) is 3. The van der Waals surface area contributed by atoms with Crippen molar-refractivity contribution in [2.75, 3.05) is 12.3 Å². The molecule has 0 aliphatic rings. The minimum atomic E-state index is -0.584. The summed E-state index contributed by atoms with van der Waals surface area (Å²) in [6, 6.07) is 25.3. The number of nitrogens with zero attached hydrogens (tertiary/aromatic N) is 1. The van der Waals surface area contributed by atoms with Crippen LogP contribution in [0.25, 0.3) is 0 Å². The Morgan fingerprint density at radius 2 is 1.59 bits per heavy atom. The molecule has 3 aromatic carbocycles. The SMILES string of the molecule is Cc1ccc(CN(C(=O)CCCSc2ccc(Cl)cc2)[C@H](Cc2ccccc2)C(=O)NCC(C)C)cc1. The summed E-state index contributed by atoms with van der Waals surface area (Å²) >= 11 is 7.69.